The number of rotatable bonds is 3. The molecule has 1 unspecified atom stereocenters. The normalized spacial score (nSPS) is 18.4. The first-order valence-corrected chi connectivity index (χ1v) is 7.29. The summed E-state index contributed by atoms with van der Waals surface area (Å²) >= 11 is 3.32. The average Bonchev–Trinajstić information content (AvgIpc) is 2.47. The summed E-state index contributed by atoms with van der Waals surface area (Å²) in [7, 11) is 0. The molecule has 0 aromatic heterocycles. The van der Waals surface area contributed by atoms with E-state index in [1.807, 2.05) is 6.07 Å². The molecular formula is C14H15BrFN3O. The summed E-state index contributed by atoms with van der Waals surface area (Å²) < 4.78 is 14.8. The van der Waals surface area contributed by atoms with Crippen LogP contribution in [-0.2, 0) is 4.79 Å². The molecule has 0 saturated carbocycles. The molecule has 1 saturated heterocycles. The highest BCUT2D eigenvalue weighted by Gasteiger charge is 2.30. The maximum absolute atomic E-state index is 14.0. The zero-order valence-corrected chi connectivity index (χ0v) is 12.5. The van der Waals surface area contributed by atoms with Gasteiger partial charge in [-0.1, -0.05) is 15.9 Å². The highest BCUT2D eigenvalue weighted by molar-refractivity contribution is 9.10. The van der Waals surface area contributed by atoms with Gasteiger partial charge < -0.3 is 10.2 Å². The van der Waals surface area contributed by atoms with Crippen molar-refractivity contribution in [3.05, 3.63) is 28.5 Å². The quantitative estimate of drug-likeness (QED) is 0.861. The monoisotopic (exact) mass is 339 g/mol. The number of amides is 1. The molecule has 0 spiro atoms. The van der Waals surface area contributed by atoms with Gasteiger partial charge in [0.05, 0.1) is 11.8 Å². The SMILES string of the molecule is N#CCNC(=O)C1CCCCN1c1cc(Br)ccc1F. The lowest BCUT2D eigenvalue weighted by atomic mass is 10.00. The van der Waals surface area contributed by atoms with Gasteiger partial charge in [0, 0.05) is 11.0 Å². The van der Waals surface area contributed by atoms with Crippen LogP contribution in [0, 0.1) is 17.1 Å². The van der Waals surface area contributed by atoms with Crippen LogP contribution < -0.4 is 10.2 Å². The van der Waals surface area contributed by atoms with E-state index >= 15 is 0 Å². The topological polar surface area (TPSA) is 56.1 Å². The van der Waals surface area contributed by atoms with Crippen molar-refractivity contribution >= 4 is 27.5 Å². The van der Waals surface area contributed by atoms with E-state index in [4.69, 9.17) is 5.26 Å². The molecule has 1 N–H and O–H groups in total. The minimum atomic E-state index is -0.416. The van der Waals surface area contributed by atoms with E-state index in [0.29, 0.717) is 18.7 Å². The predicted octanol–water partition coefficient (Wildman–Crippen LogP) is 2.59. The number of anilines is 1. The molecule has 1 aliphatic heterocycles. The number of benzene rings is 1. The zero-order valence-electron chi connectivity index (χ0n) is 10.9. The predicted molar refractivity (Wildman–Crippen MR) is 77.7 cm³/mol. The fourth-order valence-electron chi connectivity index (χ4n) is 2.44. The summed E-state index contributed by atoms with van der Waals surface area (Å²) in [6.07, 6.45) is 2.52. The standard InChI is InChI=1S/C14H15BrFN3O/c15-10-4-5-11(16)13(9-10)19-8-2-1-3-12(19)14(20)18-7-6-17/h4-5,9,12H,1-3,7-8H2,(H,18,20). The number of nitriles is 1. The third kappa shape index (κ3) is 3.28. The van der Waals surface area contributed by atoms with Crippen LogP contribution in [0.15, 0.2) is 22.7 Å². The number of halogens is 2. The second-order valence-electron chi connectivity index (χ2n) is 4.68. The molecule has 1 aliphatic rings. The van der Waals surface area contributed by atoms with Crippen LogP contribution >= 0.6 is 15.9 Å². The molecule has 4 nitrogen and oxygen atoms in total. The van der Waals surface area contributed by atoms with Crippen molar-refractivity contribution in [2.45, 2.75) is 25.3 Å². The van der Waals surface area contributed by atoms with Crippen LogP contribution in [0.3, 0.4) is 0 Å². The molecule has 1 atom stereocenters. The Balaban J connectivity index is 2.24. The van der Waals surface area contributed by atoms with Gasteiger partial charge in [0.15, 0.2) is 0 Å². The maximum Gasteiger partial charge on any atom is 0.243 e. The molecule has 106 valence electrons. The lowest BCUT2D eigenvalue weighted by molar-refractivity contribution is -0.122. The first-order valence-electron chi connectivity index (χ1n) is 6.50. The van der Waals surface area contributed by atoms with E-state index < -0.39 is 6.04 Å². The smallest absolute Gasteiger partial charge is 0.243 e. The first-order chi connectivity index (χ1) is 9.63. The fraction of sp³-hybridized carbons (Fsp3) is 0.429. The Kier molecular flexibility index (Phi) is 4.96. The average molecular weight is 340 g/mol. The molecular weight excluding hydrogens is 325 g/mol. The Morgan fingerprint density at radius 3 is 3.10 bits per heavy atom. The highest BCUT2D eigenvalue weighted by atomic mass is 79.9. The summed E-state index contributed by atoms with van der Waals surface area (Å²) in [5.41, 5.74) is 0.427. The van der Waals surface area contributed by atoms with Crippen molar-refractivity contribution in [2.75, 3.05) is 18.0 Å². The number of carbonyl (C=O) groups is 1. The number of nitrogens with zero attached hydrogens (tertiary/aromatic N) is 2. The van der Waals surface area contributed by atoms with E-state index in [-0.39, 0.29) is 18.3 Å². The summed E-state index contributed by atoms with van der Waals surface area (Å²) in [4.78, 5) is 13.9. The van der Waals surface area contributed by atoms with Crippen LogP contribution in [0.1, 0.15) is 19.3 Å². The number of piperidine rings is 1. The van der Waals surface area contributed by atoms with Gasteiger partial charge in [0.2, 0.25) is 5.91 Å². The summed E-state index contributed by atoms with van der Waals surface area (Å²) in [5, 5.41) is 11.1. The molecule has 1 amide bonds. The highest BCUT2D eigenvalue weighted by Crippen LogP contribution is 2.29. The Bertz CT molecular complexity index is 544. The van der Waals surface area contributed by atoms with Crippen LogP contribution in [0.4, 0.5) is 10.1 Å². The van der Waals surface area contributed by atoms with E-state index in [1.165, 1.54) is 6.07 Å². The van der Waals surface area contributed by atoms with Crippen molar-refractivity contribution in [3.8, 4) is 6.07 Å². The van der Waals surface area contributed by atoms with Crippen molar-refractivity contribution < 1.29 is 9.18 Å². The Hall–Kier alpha value is -1.61. The van der Waals surface area contributed by atoms with Gasteiger partial charge in [0.25, 0.3) is 0 Å². The van der Waals surface area contributed by atoms with E-state index in [0.717, 1.165) is 17.3 Å². The largest absolute Gasteiger partial charge is 0.357 e. The maximum atomic E-state index is 14.0. The van der Waals surface area contributed by atoms with E-state index in [1.54, 1.807) is 17.0 Å². The Morgan fingerprint density at radius 1 is 1.55 bits per heavy atom. The summed E-state index contributed by atoms with van der Waals surface area (Å²) in [6, 6.07) is 6.17. The molecule has 1 heterocycles. The summed E-state index contributed by atoms with van der Waals surface area (Å²) in [6.45, 7) is 0.613. The van der Waals surface area contributed by atoms with Gasteiger partial charge in [-0.3, -0.25) is 4.79 Å². The molecule has 0 aliphatic carbocycles. The van der Waals surface area contributed by atoms with Crippen molar-refractivity contribution in [1.82, 2.24) is 5.32 Å². The van der Waals surface area contributed by atoms with Crippen LogP contribution in [-0.4, -0.2) is 25.0 Å². The van der Waals surface area contributed by atoms with E-state index in [9.17, 15) is 9.18 Å². The molecule has 6 heteroatoms. The van der Waals surface area contributed by atoms with Gasteiger partial charge in [-0.2, -0.15) is 5.26 Å². The molecule has 1 aromatic carbocycles. The van der Waals surface area contributed by atoms with Crippen LogP contribution in [0.25, 0.3) is 0 Å². The molecule has 1 fully saturated rings. The van der Waals surface area contributed by atoms with Crippen molar-refractivity contribution in [3.63, 3.8) is 0 Å². The number of hydrogen-bond acceptors (Lipinski definition) is 3. The minimum absolute atomic E-state index is 0.0237. The van der Waals surface area contributed by atoms with Gasteiger partial charge >= 0.3 is 0 Å². The molecule has 0 bridgehead atoms. The second-order valence-corrected chi connectivity index (χ2v) is 5.59. The molecule has 1 aromatic rings. The van der Waals surface area contributed by atoms with Crippen LogP contribution in [0.2, 0.25) is 0 Å². The third-order valence-electron chi connectivity index (χ3n) is 3.36. The van der Waals surface area contributed by atoms with E-state index in [2.05, 4.69) is 21.2 Å². The Morgan fingerprint density at radius 2 is 2.35 bits per heavy atom. The molecule has 0 radical (unpaired) electrons. The fourth-order valence-corrected chi connectivity index (χ4v) is 2.79. The number of hydrogen-bond donors (Lipinski definition) is 1. The van der Waals surface area contributed by atoms with Crippen molar-refractivity contribution in [1.29, 1.82) is 5.26 Å². The lowest BCUT2D eigenvalue weighted by Gasteiger charge is -2.36. The minimum Gasteiger partial charge on any atom is -0.357 e. The van der Waals surface area contributed by atoms with Gasteiger partial charge in [-0.05, 0) is 37.5 Å². The molecule has 20 heavy (non-hydrogen) atoms. The number of nitrogens with one attached hydrogen (secondary N) is 1. The molecule has 2 rings (SSSR count). The zero-order chi connectivity index (χ0) is 14.5. The van der Waals surface area contributed by atoms with Crippen LogP contribution in [0.5, 0.6) is 0 Å². The number of carbonyl (C=O) groups excluding carboxylic acids is 1. The van der Waals surface area contributed by atoms with Crippen molar-refractivity contribution in [2.24, 2.45) is 0 Å². The third-order valence-corrected chi connectivity index (χ3v) is 3.86. The lowest BCUT2D eigenvalue weighted by Crippen LogP contribution is -2.50. The second kappa shape index (κ2) is 6.71. The first kappa shape index (κ1) is 14.8. The van der Waals surface area contributed by atoms with Gasteiger partial charge in [0.1, 0.15) is 18.4 Å². The van der Waals surface area contributed by atoms with Gasteiger partial charge in [-0.15, -0.1) is 0 Å². The van der Waals surface area contributed by atoms with Gasteiger partial charge in [-0.25, -0.2) is 4.39 Å². The summed E-state index contributed by atoms with van der Waals surface area (Å²) in [5.74, 6) is -0.557. The Labute approximate surface area is 125 Å².